The molecular weight excluding hydrogens is 380 g/mol. The quantitative estimate of drug-likeness (QED) is 0.648. The number of carbonyl (C=O) groups is 1. The normalized spacial score (nSPS) is 16.3. The minimum atomic E-state index is -0.0489. The highest BCUT2D eigenvalue weighted by Gasteiger charge is 2.26. The van der Waals surface area contributed by atoms with E-state index in [1.54, 1.807) is 24.3 Å². The zero-order valence-corrected chi connectivity index (χ0v) is 17.1. The summed E-state index contributed by atoms with van der Waals surface area (Å²) in [6.07, 6.45) is 7.73. The number of anilines is 1. The van der Waals surface area contributed by atoms with Crippen LogP contribution in [0.25, 0.3) is 5.82 Å². The third kappa shape index (κ3) is 4.76. The Labute approximate surface area is 175 Å². The molecule has 1 unspecified atom stereocenters. The lowest BCUT2D eigenvalue weighted by molar-refractivity contribution is -0.125. The van der Waals surface area contributed by atoms with E-state index in [9.17, 15) is 4.79 Å². The van der Waals surface area contributed by atoms with Crippen LogP contribution in [0.3, 0.4) is 0 Å². The second-order valence-corrected chi connectivity index (χ2v) is 7.36. The summed E-state index contributed by atoms with van der Waals surface area (Å²) in [5, 5.41) is 7.31. The number of methoxy groups -OCH3 is 1. The Bertz CT molecular complexity index is 975. The van der Waals surface area contributed by atoms with Gasteiger partial charge in [-0.25, -0.2) is 14.6 Å². The number of hydrogen-bond acceptors (Lipinski definition) is 6. The molecule has 3 aromatic rings. The highest BCUT2D eigenvalue weighted by molar-refractivity contribution is 5.79. The minimum Gasteiger partial charge on any atom is -0.497 e. The maximum absolute atomic E-state index is 12.7. The molecule has 1 amide bonds. The van der Waals surface area contributed by atoms with Gasteiger partial charge >= 0.3 is 0 Å². The minimum absolute atomic E-state index is 0.0489. The molecule has 30 heavy (non-hydrogen) atoms. The standard InChI is InChI=1S/C22H26N6O2/c1-30-19-7-2-5-17(13-19)8-10-23-22(29)18-6-3-11-27(15-18)20-14-21(25-16-24-20)28-12-4-9-26-28/h2,4-5,7,9,12-14,16,18H,3,6,8,10-11,15H2,1H3,(H,23,29). The predicted octanol–water partition coefficient (Wildman–Crippen LogP) is 2.25. The average molecular weight is 406 g/mol. The maximum atomic E-state index is 12.7. The molecular formula is C22H26N6O2. The average Bonchev–Trinajstić information content (AvgIpc) is 3.34. The topological polar surface area (TPSA) is 85.2 Å². The van der Waals surface area contributed by atoms with E-state index in [1.807, 2.05) is 42.6 Å². The molecule has 1 aromatic carbocycles. The van der Waals surface area contributed by atoms with Crippen molar-refractivity contribution in [2.24, 2.45) is 5.92 Å². The molecule has 1 N–H and O–H groups in total. The van der Waals surface area contributed by atoms with Crippen LogP contribution in [0.15, 0.2) is 55.1 Å². The van der Waals surface area contributed by atoms with Crippen molar-refractivity contribution < 1.29 is 9.53 Å². The summed E-state index contributed by atoms with van der Waals surface area (Å²) in [4.78, 5) is 23.6. The molecule has 1 atom stereocenters. The van der Waals surface area contributed by atoms with Gasteiger partial charge in [-0.1, -0.05) is 12.1 Å². The van der Waals surface area contributed by atoms with E-state index in [-0.39, 0.29) is 11.8 Å². The van der Waals surface area contributed by atoms with Crippen molar-refractivity contribution in [3.05, 3.63) is 60.7 Å². The first-order valence-corrected chi connectivity index (χ1v) is 10.2. The highest BCUT2D eigenvalue weighted by atomic mass is 16.5. The van der Waals surface area contributed by atoms with Gasteiger partial charge in [-0.2, -0.15) is 5.10 Å². The molecule has 1 aliphatic rings. The number of ether oxygens (including phenoxy) is 1. The fourth-order valence-electron chi connectivity index (χ4n) is 3.74. The zero-order valence-electron chi connectivity index (χ0n) is 17.1. The lowest BCUT2D eigenvalue weighted by Crippen LogP contribution is -2.43. The van der Waals surface area contributed by atoms with Crippen LogP contribution in [0.2, 0.25) is 0 Å². The number of rotatable bonds is 7. The molecule has 4 rings (SSSR count). The van der Waals surface area contributed by atoms with Gasteiger partial charge in [-0.3, -0.25) is 4.79 Å². The Morgan fingerprint density at radius 1 is 1.23 bits per heavy atom. The summed E-state index contributed by atoms with van der Waals surface area (Å²) in [5.74, 6) is 2.43. The van der Waals surface area contributed by atoms with E-state index < -0.39 is 0 Å². The van der Waals surface area contributed by atoms with Gasteiger partial charge in [0.1, 0.15) is 17.9 Å². The van der Waals surface area contributed by atoms with Gasteiger partial charge in [0.05, 0.1) is 13.0 Å². The smallest absolute Gasteiger partial charge is 0.224 e. The SMILES string of the molecule is COc1cccc(CCNC(=O)C2CCCN(c3cc(-n4cccn4)ncn3)C2)c1. The van der Waals surface area contributed by atoms with Crippen molar-refractivity contribution in [3.63, 3.8) is 0 Å². The molecule has 1 saturated heterocycles. The lowest BCUT2D eigenvalue weighted by Gasteiger charge is -2.32. The van der Waals surface area contributed by atoms with Gasteiger partial charge in [0.25, 0.3) is 0 Å². The van der Waals surface area contributed by atoms with Gasteiger partial charge in [-0.05, 0) is 43.0 Å². The summed E-state index contributed by atoms with van der Waals surface area (Å²) in [6, 6.07) is 11.7. The first-order valence-electron chi connectivity index (χ1n) is 10.2. The number of nitrogens with zero attached hydrogens (tertiary/aromatic N) is 5. The van der Waals surface area contributed by atoms with E-state index in [1.165, 1.54) is 0 Å². The number of aromatic nitrogens is 4. The third-order valence-electron chi connectivity index (χ3n) is 5.34. The van der Waals surface area contributed by atoms with Crippen LogP contribution in [-0.2, 0) is 11.2 Å². The van der Waals surface area contributed by atoms with Crippen LogP contribution in [0, 0.1) is 5.92 Å². The molecule has 0 saturated carbocycles. The predicted molar refractivity (Wildman–Crippen MR) is 114 cm³/mol. The van der Waals surface area contributed by atoms with E-state index in [0.29, 0.717) is 13.1 Å². The molecule has 3 heterocycles. The lowest BCUT2D eigenvalue weighted by atomic mass is 9.97. The van der Waals surface area contributed by atoms with Crippen molar-refractivity contribution in [1.29, 1.82) is 0 Å². The number of carbonyl (C=O) groups excluding carboxylic acids is 1. The Morgan fingerprint density at radius 3 is 2.97 bits per heavy atom. The molecule has 0 spiro atoms. The van der Waals surface area contributed by atoms with Crippen molar-refractivity contribution in [3.8, 4) is 11.6 Å². The summed E-state index contributed by atoms with van der Waals surface area (Å²) in [6.45, 7) is 2.14. The Hall–Kier alpha value is -3.42. The fraction of sp³-hybridized carbons (Fsp3) is 0.364. The van der Waals surface area contributed by atoms with E-state index in [4.69, 9.17) is 4.74 Å². The van der Waals surface area contributed by atoms with Gasteiger partial charge in [0, 0.05) is 38.1 Å². The van der Waals surface area contributed by atoms with E-state index >= 15 is 0 Å². The maximum Gasteiger partial charge on any atom is 0.224 e. The van der Waals surface area contributed by atoms with Gasteiger partial charge in [0.15, 0.2) is 5.82 Å². The van der Waals surface area contributed by atoms with Gasteiger partial charge in [0.2, 0.25) is 5.91 Å². The first kappa shape index (κ1) is 19.9. The van der Waals surface area contributed by atoms with Gasteiger partial charge in [-0.15, -0.1) is 0 Å². The number of nitrogens with one attached hydrogen (secondary N) is 1. The summed E-state index contributed by atoms with van der Waals surface area (Å²) in [5.41, 5.74) is 1.15. The van der Waals surface area contributed by atoms with Gasteiger partial charge < -0.3 is 15.0 Å². The summed E-state index contributed by atoms with van der Waals surface area (Å²) in [7, 11) is 1.66. The molecule has 156 valence electrons. The van der Waals surface area contributed by atoms with Crippen molar-refractivity contribution in [2.45, 2.75) is 19.3 Å². The van der Waals surface area contributed by atoms with Crippen LogP contribution < -0.4 is 15.0 Å². The van der Waals surface area contributed by atoms with E-state index in [2.05, 4.69) is 25.3 Å². The molecule has 8 nitrogen and oxygen atoms in total. The Kier molecular flexibility index (Phi) is 6.22. The Balaban J connectivity index is 1.33. The highest BCUT2D eigenvalue weighted by Crippen LogP contribution is 2.22. The largest absolute Gasteiger partial charge is 0.497 e. The molecule has 0 aliphatic carbocycles. The number of hydrogen-bond donors (Lipinski definition) is 1. The molecule has 8 heteroatoms. The van der Waals surface area contributed by atoms with E-state index in [0.717, 1.165) is 48.8 Å². The monoisotopic (exact) mass is 406 g/mol. The first-order chi connectivity index (χ1) is 14.7. The van der Waals surface area contributed by atoms with Crippen molar-refractivity contribution in [2.75, 3.05) is 31.6 Å². The molecule has 2 aromatic heterocycles. The van der Waals surface area contributed by atoms with Crippen LogP contribution in [0.4, 0.5) is 5.82 Å². The number of amides is 1. The van der Waals surface area contributed by atoms with Crippen molar-refractivity contribution >= 4 is 11.7 Å². The van der Waals surface area contributed by atoms with Crippen LogP contribution >= 0.6 is 0 Å². The Morgan fingerprint density at radius 2 is 2.13 bits per heavy atom. The number of benzene rings is 1. The molecule has 0 radical (unpaired) electrons. The number of piperidine rings is 1. The van der Waals surface area contributed by atoms with Crippen LogP contribution in [0.5, 0.6) is 5.75 Å². The fourth-order valence-corrected chi connectivity index (χ4v) is 3.74. The zero-order chi connectivity index (χ0) is 20.8. The second-order valence-electron chi connectivity index (χ2n) is 7.36. The second kappa shape index (κ2) is 9.39. The molecule has 1 aliphatic heterocycles. The summed E-state index contributed by atoms with van der Waals surface area (Å²) >= 11 is 0. The van der Waals surface area contributed by atoms with Crippen molar-refractivity contribution in [1.82, 2.24) is 25.1 Å². The molecule has 1 fully saturated rings. The summed E-state index contributed by atoms with van der Waals surface area (Å²) < 4.78 is 6.96. The third-order valence-corrected chi connectivity index (χ3v) is 5.34. The van der Waals surface area contributed by atoms with Crippen LogP contribution in [-0.4, -0.2) is 52.4 Å². The van der Waals surface area contributed by atoms with Crippen LogP contribution in [0.1, 0.15) is 18.4 Å². The molecule has 0 bridgehead atoms.